The van der Waals surface area contributed by atoms with Crippen molar-refractivity contribution in [3.8, 4) is 11.5 Å². The molecule has 0 radical (unpaired) electrons. The predicted octanol–water partition coefficient (Wildman–Crippen LogP) is 3.21. The van der Waals surface area contributed by atoms with Crippen LogP contribution in [0, 0.1) is 5.92 Å². The zero-order chi connectivity index (χ0) is 13.2. The first-order valence-corrected chi connectivity index (χ1v) is 7.47. The molecule has 0 bridgehead atoms. The molecule has 3 nitrogen and oxygen atoms in total. The Bertz CT molecular complexity index is 464. The number of hydrogen-bond acceptors (Lipinski definition) is 3. The molecule has 1 fully saturated rings. The van der Waals surface area contributed by atoms with Crippen molar-refractivity contribution >= 4 is 11.6 Å². The van der Waals surface area contributed by atoms with Gasteiger partial charge in [0.05, 0.1) is 5.02 Å². The number of nitrogens with one attached hydrogen (secondary N) is 1. The van der Waals surface area contributed by atoms with E-state index in [0.29, 0.717) is 35.8 Å². The molecule has 0 aliphatic carbocycles. The molecule has 1 saturated heterocycles. The van der Waals surface area contributed by atoms with Crippen LogP contribution in [0.15, 0.2) is 12.1 Å². The van der Waals surface area contributed by atoms with Gasteiger partial charge >= 0.3 is 0 Å². The Kier molecular flexibility index (Phi) is 3.85. The van der Waals surface area contributed by atoms with Gasteiger partial charge in [-0.25, -0.2) is 0 Å². The second kappa shape index (κ2) is 5.59. The molecule has 19 heavy (non-hydrogen) atoms. The Labute approximate surface area is 119 Å². The summed E-state index contributed by atoms with van der Waals surface area (Å²) in [6, 6.07) is 4.19. The van der Waals surface area contributed by atoms with Gasteiger partial charge in [-0.05, 0) is 49.0 Å². The molecule has 0 aromatic heterocycles. The second-order valence-electron chi connectivity index (χ2n) is 5.29. The molecule has 0 amide bonds. The van der Waals surface area contributed by atoms with Crippen molar-refractivity contribution in [3.63, 3.8) is 0 Å². The number of benzene rings is 1. The summed E-state index contributed by atoms with van der Waals surface area (Å²) in [5, 5.41) is 4.15. The van der Waals surface area contributed by atoms with Gasteiger partial charge in [-0.2, -0.15) is 0 Å². The lowest BCUT2D eigenvalue weighted by atomic mass is 9.80. The van der Waals surface area contributed by atoms with Crippen LogP contribution in [0.3, 0.4) is 0 Å². The molecule has 4 heteroatoms. The van der Waals surface area contributed by atoms with Gasteiger partial charge in [0.2, 0.25) is 0 Å². The first-order valence-electron chi connectivity index (χ1n) is 7.09. The van der Waals surface area contributed by atoms with Crippen LogP contribution in [-0.2, 0) is 0 Å². The third-order valence-electron chi connectivity index (χ3n) is 4.18. The lowest BCUT2D eigenvalue weighted by molar-refractivity contribution is 0.171. The summed E-state index contributed by atoms with van der Waals surface area (Å²) in [5.41, 5.74) is 1.29. The van der Waals surface area contributed by atoms with Gasteiger partial charge in [-0.1, -0.05) is 24.9 Å². The van der Waals surface area contributed by atoms with Crippen molar-refractivity contribution in [3.05, 3.63) is 22.7 Å². The maximum atomic E-state index is 6.34. The van der Waals surface area contributed by atoms with E-state index in [0.717, 1.165) is 25.3 Å². The minimum absolute atomic E-state index is 0.569. The van der Waals surface area contributed by atoms with Gasteiger partial charge in [0.25, 0.3) is 0 Å². The fourth-order valence-corrected chi connectivity index (χ4v) is 3.41. The summed E-state index contributed by atoms with van der Waals surface area (Å²) in [6.45, 7) is 5.61. The minimum Gasteiger partial charge on any atom is -0.486 e. The van der Waals surface area contributed by atoms with Crippen LogP contribution in [0.5, 0.6) is 11.5 Å². The van der Waals surface area contributed by atoms with Gasteiger partial charge in [-0.15, -0.1) is 0 Å². The maximum absolute atomic E-state index is 6.34. The Morgan fingerprint density at radius 2 is 2.16 bits per heavy atom. The maximum Gasteiger partial charge on any atom is 0.179 e. The highest BCUT2D eigenvalue weighted by Crippen LogP contribution is 2.42. The average Bonchev–Trinajstić information content (AvgIpc) is 2.47. The second-order valence-corrected chi connectivity index (χ2v) is 5.70. The van der Waals surface area contributed by atoms with Crippen LogP contribution in [-0.4, -0.2) is 26.3 Å². The predicted molar refractivity (Wildman–Crippen MR) is 76.5 cm³/mol. The summed E-state index contributed by atoms with van der Waals surface area (Å²) in [6.07, 6.45) is 2.35. The van der Waals surface area contributed by atoms with E-state index in [2.05, 4.69) is 24.4 Å². The smallest absolute Gasteiger partial charge is 0.179 e. The largest absolute Gasteiger partial charge is 0.486 e. The van der Waals surface area contributed by atoms with E-state index in [-0.39, 0.29) is 0 Å². The SMILES string of the molecule is CCC1CNCCC1c1cc(Cl)c2c(c1)OCCO2. The molecule has 1 N–H and O–H groups in total. The van der Waals surface area contributed by atoms with Crippen molar-refractivity contribution in [2.75, 3.05) is 26.3 Å². The van der Waals surface area contributed by atoms with Gasteiger partial charge in [-0.3, -0.25) is 0 Å². The van der Waals surface area contributed by atoms with Gasteiger partial charge in [0.15, 0.2) is 11.5 Å². The molecule has 2 unspecified atom stereocenters. The van der Waals surface area contributed by atoms with Crippen molar-refractivity contribution < 1.29 is 9.47 Å². The quantitative estimate of drug-likeness (QED) is 0.903. The molecule has 2 aliphatic heterocycles. The first kappa shape index (κ1) is 13.1. The van der Waals surface area contributed by atoms with E-state index >= 15 is 0 Å². The van der Waals surface area contributed by atoms with E-state index < -0.39 is 0 Å². The van der Waals surface area contributed by atoms with Crippen molar-refractivity contribution in [1.82, 2.24) is 5.32 Å². The van der Waals surface area contributed by atoms with Crippen LogP contribution in [0.1, 0.15) is 31.2 Å². The molecule has 1 aromatic carbocycles. The Morgan fingerprint density at radius 3 is 3.00 bits per heavy atom. The number of fused-ring (bicyclic) bond motifs is 1. The summed E-state index contributed by atoms with van der Waals surface area (Å²) in [7, 11) is 0. The van der Waals surface area contributed by atoms with Crippen molar-refractivity contribution in [2.45, 2.75) is 25.7 Å². The first-order chi connectivity index (χ1) is 9.29. The zero-order valence-electron chi connectivity index (χ0n) is 11.2. The minimum atomic E-state index is 0.569. The fraction of sp³-hybridized carbons (Fsp3) is 0.600. The molecule has 104 valence electrons. The van der Waals surface area contributed by atoms with Crippen LogP contribution in [0.25, 0.3) is 0 Å². The highest BCUT2D eigenvalue weighted by molar-refractivity contribution is 6.32. The zero-order valence-corrected chi connectivity index (χ0v) is 12.0. The van der Waals surface area contributed by atoms with E-state index in [1.807, 2.05) is 0 Å². The normalized spacial score (nSPS) is 26.2. The van der Waals surface area contributed by atoms with Crippen LogP contribution >= 0.6 is 11.6 Å². The molecule has 2 atom stereocenters. The van der Waals surface area contributed by atoms with Gasteiger partial charge < -0.3 is 14.8 Å². The van der Waals surface area contributed by atoms with E-state index in [4.69, 9.17) is 21.1 Å². The Balaban J connectivity index is 1.93. The molecule has 2 aliphatic rings. The standard InChI is InChI=1S/C15H20ClNO2/c1-2-10-9-17-4-3-12(10)11-7-13(16)15-14(8-11)18-5-6-19-15/h7-8,10,12,17H,2-6,9H2,1H3. The summed E-state index contributed by atoms with van der Waals surface area (Å²) >= 11 is 6.34. The van der Waals surface area contributed by atoms with E-state index in [1.54, 1.807) is 0 Å². The summed E-state index contributed by atoms with van der Waals surface area (Å²) < 4.78 is 11.3. The third kappa shape index (κ3) is 2.54. The molecule has 0 spiro atoms. The monoisotopic (exact) mass is 281 g/mol. The van der Waals surface area contributed by atoms with E-state index in [9.17, 15) is 0 Å². The van der Waals surface area contributed by atoms with Gasteiger partial charge in [0, 0.05) is 0 Å². The van der Waals surface area contributed by atoms with Crippen LogP contribution < -0.4 is 14.8 Å². The molecule has 3 rings (SSSR count). The third-order valence-corrected chi connectivity index (χ3v) is 4.46. The number of hydrogen-bond donors (Lipinski definition) is 1. The highest BCUT2D eigenvalue weighted by atomic mass is 35.5. The topological polar surface area (TPSA) is 30.5 Å². The van der Waals surface area contributed by atoms with Crippen LogP contribution in [0.4, 0.5) is 0 Å². The number of piperidine rings is 1. The molecule has 2 heterocycles. The highest BCUT2D eigenvalue weighted by Gasteiger charge is 2.27. The summed E-state index contributed by atoms with van der Waals surface area (Å²) in [4.78, 5) is 0. The average molecular weight is 282 g/mol. The van der Waals surface area contributed by atoms with Crippen LogP contribution in [0.2, 0.25) is 5.02 Å². The van der Waals surface area contributed by atoms with Crippen molar-refractivity contribution in [2.24, 2.45) is 5.92 Å². The molecule has 1 aromatic rings. The molecular weight excluding hydrogens is 262 g/mol. The van der Waals surface area contributed by atoms with Crippen molar-refractivity contribution in [1.29, 1.82) is 0 Å². The number of rotatable bonds is 2. The molecular formula is C15H20ClNO2. The Morgan fingerprint density at radius 1 is 1.32 bits per heavy atom. The van der Waals surface area contributed by atoms with E-state index in [1.165, 1.54) is 12.0 Å². The summed E-state index contributed by atoms with van der Waals surface area (Å²) in [5.74, 6) is 2.76. The number of ether oxygens (including phenoxy) is 2. The number of halogens is 1. The Hall–Kier alpha value is -0.930. The fourth-order valence-electron chi connectivity index (χ4n) is 3.14. The lowest BCUT2D eigenvalue weighted by Crippen LogP contribution is -2.35. The van der Waals surface area contributed by atoms with Gasteiger partial charge in [0.1, 0.15) is 13.2 Å². The molecule has 0 saturated carbocycles. The lowest BCUT2D eigenvalue weighted by Gasteiger charge is -2.32.